The molecule has 7 nitrogen and oxygen atoms in total. The number of nitrogens with one attached hydrogen (secondary N) is 1. The topological polar surface area (TPSA) is 81.9 Å². The molecule has 0 aliphatic heterocycles. The number of carbonyl (C=O) groups is 1. The molecule has 162 valence electrons. The maximum absolute atomic E-state index is 12.7. The van der Waals surface area contributed by atoms with Crippen LogP contribution in [-0.2, 0) is 4.79 Å². The molecule has 0 aliphatic carbocycles. The van der Waals surface area contributed by atoms with Crippen LogP contribution in [0.1, 0.15) is 0 Å². The van der Waals surface area contributed by atoms with Gasteiger partial charge in [0.25, 0.3) is 0 Å². The van der Waals surface area contributed by atoms with Gasteiger partial charge in [-0.2, -0.15) is 5.10 Å². The lowest BCUT2D eigenvalue weighted by Crippen LogP contribution is -2.14. The number of nitrogens with zero attached hydrogens (tertiary/aromatic N) is 4. The quantitative estimate of drug-likeness (QED) is 0.265. The summed E-state index contributed by atoms with van der Waals surface area (Å²) in [6.07, 6.45) is 3.22. The third-order valence-corrected chi connectivity index (χ3v) is 5.81. The fraction of sp³-hybridized carbons (Fsp3) is 0.0400. The Kier molecular flexibility index (Phi) is 5.99. The van der Waals surface area contributed by atoms with E-state index in [4.69, 9.17) is 4.74 Å². The summed E-state index contributed by atoms with van der Waals surface area (Å²) in [7, 11) is 0. The number of ether oxygens (including phenoxy) is 1. The van der Waals surface area contributed by atoms with Crippen molar-refractivity contribution in [1.82, 2.24) is 19.7 Å². The molecule has 0 spiro atoms. The number of amides is 1. The molecule has 0 saturated carbocycles. The van der Waals surface area contributed by atoms with E-state index in [-0.39, 0.29) is 11.7 Å². The van der Waals surface area contributed by atoms with Crippen LogP contribution in [0.2, 0.25) is 0 Å². The standard InChI is InChI=1S/C25H19N5O2S/c31-23(29-21-13-7-8-14-22(21)32-19-11-5-2-6-12-19)16-33-25-20-15-28-30(24(20)26-17-27-25)18-9-3-1-4-10-18/h1-15,17H,16H2,(H,29,31). The highest BCUT2D eigenvalue weighted by Gasteiger charge is 2.14. The smallest absolute Gasteiger partial charge is 0.234 e. The van der Waals surface area contributed by atoms with Crippen LogP contribution in [0.5, 0.6) is 11.5 Å². The lowest BCUT2D eigenvalue weighted by molar-refractivity contribution is -0.113. The van der Waals surface area contributed by atoms with E-state index in [1.807, 2.05) is 84.9 Å². The number of benzene rings is 3. The maximum Gasteiger partial charge on any atom is 0.234 e. The van der Waals surface area contributed by atoms with E-state index in [1.54, 1.807) is 10.9 Å². The molecular formula is C25H19N5O2S. The molecule has 0 unspecified atom stereocenters. The summed E-state index contributed by atoms with van der Waals surface area (Å²) in [6, 6.07) is 26.6. The molecular weight excluding hydrogens is 434 g/mol. The molecule has 2 heterocycles. The Hall–Kier alpha value is -4.17. The first kappa shape index (κ1) is 20.7. The maximum atomic E-state index is 12.7. The Labute approximate surface area is 194 Å². The Balaban J connectivity index is 1.29. The summed E-state index contributed by atoms with van der Waals surface area (Å²) in [4.78, 5) is 21.4. The van der Waals surface area contributed by atoms with Crippen LogP contribution < -0.4 is 10.1 Å². The molecule has 0 saturated heterocycles. The number of anilines is 1. The minimum atomic E-state index is -0.161. The van der Waals surface area contributed by atoms with Crippen LogP contribution in [-0.4, -0.2) is 31.4 Å². The van der Waals surface area contributed by atoms with E-state index in [0.29, 0.717) is 27.9 Å². The second-order valence-electron chi connectivity index (χ2n) is 7.06. The van der Waals surface area contributed by atoms with Crippen LogP contribution in [0, 0.1) is 0 Å². The van der Waals surface area contributed by atoms with Crippen molar-refractivity contribution in [2.24, 2.45) is 0 Å². The zero-order valence-corrected chi connectivity index (χ0v) is 18.3. The SMILES string of the molecule is O=C(CSc1ncnc2c1cnn2-c1ccccc1)Nc1ccccc1Oc1ccccc1. The van der Waals surface area contributed by atoms with Gasteiger partial charge in [0.2, 0.25) is 5.91 Å². The minimum absolute atomic E-state index is 0.161. The number of aromatic nitrogens is 4. The van der Waals surface area contributed by atoms with Crippen LogP contribution in [0.15, 0.2) is 102 Å². The van der Waals surface area contributed by atoms with Gasteiger partial charge in [-0.05, 0) is 36.4 Å². The third-order valence-electron chi connectivity index (χ3n) is 4.80. The van der Waals surface area contributed by atoms with Crippen molar-refractivity contribution >= 4 is 34.4 Å². The molecule has 33 heavy (non-hydrogen) atoms. The first-order chi connectivity index (χ1) is 16.3. The average Bonchev–Trinajstić information content (AvgIpc) is 3.30. The summed E-state index contributed by atoms with van der Waals surface area (Å²) < 4.78 is 7.68. The van der Waals surface area contributed by atoms with Gasteiger partial charge in [0, 0.05) is 0 Å². The zero-order chi connectivity index (χ0) is 22.5. The predicted molar refractivity (Wildman–Crippen MR) is 129 cm³/mol. The Morgan fingerprint density at radius 2 is 1.64 bits per heavy atom. The monoisotopic (exact) mass is 453 g/mol. The van der Waals surface area contributed by atoms with E-state index in [2.05, 4.69) is 20.4 Å². The Morgan fingerprint density at radius 3 is 2.45 bits per heavy atom. The van der Waals surface area contributed by atoms with Crippen molar-refractivity contribution in [1.29, 1.82) is 0 Å². The van der Waals surface area contributed by atoms with Crippen molar-refractivity contribution < 1.29 is 9.53 Å². The first-order valence-corrected chi connectivity index (χ1v) is 11.3. The van der Waals surface area contributed by atoms with Gasteiger partial charge in [-0.25, -0.2) is 14.6 Å². The molecule has 0 radical (unpaired) electrons. The van der Waals surface area contributed by atoms with Crippen LogP contribution in [0.3, 0.4) is 0 Å². The molecule has 0 aliphatic rings. The first-order valence-electron chi connectivity index (χ1n) is 10.3. The van der Waals surface area contributed by atoms with Crippen molar-refractivity contribution in [3.05, 3.63) is 97.5 Å². The van der Waals surface area contributed by atoms with Gasteiger partial charge in [0.15, 0.2) is 11.4 Å². The van der Waals surface area contributed by atoms with Crippen molar-refractivity contribution in [3.8, 4) is 17.2 Å². The van der Waals surface area contributed by atoms with Crippen LogP contribution in [0.4, 0.5) is 5.69 Å². The summed E-state index contributed by atoms with van der Waals surface area (Å²) >= 11 is 1.34. The predicted octanol–water partition coefficient (Wildman–Crippen LogP) is 5.34. The fourth-order valence-corrected chi connectivity index (χ4v) is 4.05. The van der Waals surface area contributed by atoms with Crippen LogP contribution in [0.25, 0.3) is 16.7 Å². The van der Waals surface area contributed by atoms with Gasteiger partial charge in [0.05, 0.1) is 28.7 Å². The number of hydrogen-bond acceptors (Lipinski definition) is 6. The Bertz CT molecular complexity index is 1390. The van der Waals surface area contributed by atoms with E-state index in [0.717, 1.165) is 11.1 Å². The summed E-state index contributed by atoms with van der Waals surface area (Å²) in [5.74, 6) is 1.30. The molecule has 5 rings (SSSR count). The highest BCUT2D eigenvalue weighted by Crippen LogP contribution is 2.30. The molecule has 0 fully saturated rings. The molecule has 8 heteroatoms. The number of thioether (sulfide) groups is 1. The molecule has 0 atom stereocenters. The van der Waals surface area contributed by atoms with E-state index in [1.165, 1.54) is 18.1 Å². The molecule has 1 amide bonds. The minimum Gasteiger partial charge on any atom is -0.455 e. The second kappa shape index (κ2) is 9.54. The molecule has 3 aromatic carbocycles. The largest absolute Gasteiger partial charge is 0.455 e. The van der Waals surface area contributed by atoms with Crippen molar-refractivity contribution in [2.75, 3.05) is 11.1 Å². The number of para-hydroxylation sites is 4. The van der Waals surface area contributed by atoms with Gasteiger partial charge in [0.1, 0.15) is 17.1 Å². The lowest BCUT2D eigenvalue weighted by Gasteiger charge is -2.12. The van der Waals surface area contributed by atoms with Crippen molar-refractivity contribution in [3.63, 3.8) is 0 Å². The lowest BCUT2D eigenvalue weighted by atomic mass is 10.3. The number of carbonyl (C=O) groups excluding carboxylic acids is 1. The summed E-state index contributed by atoms with van der Waals surface area (Å²) in [6.45, 7) is 0. The summed E-state index contributed by atoms with van der Waals surface area (Å²) in [5.41, 5.74) is 2.22. The van der Waals surface area contributed by atoms with Gasteiger partial charge in [-0.3, -0.25) is 4.79 Å². The van der Waals surface area contributed by atoms with E-state index >= 15 is 0 Å². The van der Waals surface area contributed by atoms with E-state index in [9.17, 15) is 4.79 Å². The molecule has 0 bridgehead atoms. The average molecular weight is 454 g/mol. The normalized spacial score (nSPS) is 10.8. The zero-order valence-electron chi connectivity index (χ0n) is 17.5. The number of fused-ring (bicyclic) bond motifs is 1. The Morgan fingerprint density at radius 1 is 0.909 bits per heavy atom. The van der Waals surface area contributed by atoms with Gasteiger partial charge < -0.3 is 10.1 Å². The second-order valence-corrected chi connectivity index (χ2v) is 8.02. The third kappa shape index (κ3) is 4.70. The van der Waals surface area contributed by atoms with E-state index < -0.39 is 0 Å². The highest BCUT2D eigenvalue weighted by molar-refractivity contribution is 8.00. The number of rotatable bonds is 7. The molecule has 1 N–H and O–H groups in total. The van der Waals surface area contributed by atoms with Crippen LogP contribution >= 0.6 is 11.8 Å². The summed E-state index contributed by atoms with van der Waals surface area (Å²) in [5, 5.41) is 8.89. The highest BCUT2D eigenvalue weighted by atomic mass is 32.2. The number of hydrogen-bond donors (Lipinski definition) is 1. The van der Waals surface area contributed by atoms with Gasteiger partial charge in [-0.15, -0.1) is 0 Å². The molecule has 5 aromatic rings. The van der Waals surface area contributed by atoms with Crippen molar-refractivity contribution in [2.45, 2.75) is 5.03 Å². The molecule has 2 aromatic heterocycles. The van der Waals surface area contributed by atoms with Gasteiger partial charge >= 0.3 is 0 Å². The van der Waals surface area contributed by atoms with Gasteiger partial charge in [-0.1, -0.05) is 60.3 Å². The fourth-order valence-electron chi connectivity index (χ4n) is 3.29.